The molecule has 3 aromatic carbocycles. The molecule has 3 aromatic rings. The zero-order valence-electron chi connectivity index (χ0n) is 15.8. The molecule has 0 fully saturated rings. The van der Waals surface area contributed by atoms with Gasteiger partial charge in [-0.1, -0.05) is 91.0 Å². The minimum atomic E-state index is -1.69. The van der Waals surface area contributed by atoms with Gasteiger partial charge in [0.2, 0.25) is 0 Å². The van der Waals surface area contributed by atoms with Crippen LogP contribution >= 0.6 is 0 Å². The Kier molecular flexibility index (Phi) is 6.90. The molecule has 0 bridgehead atoms. The van der Waals surface area contributed by atoms with Crippen molar-refractivity contribution in [2.45, 2.75) is 23.9 Å². The van der Waals surface area contributed by atoms with E-state index in [2.05, 4.69) is 0 Å². The Morgan fingerprint density at radius 3 is 1.45 bits per heavy atom. The standard InChI is InChI=1S/C24H24O5/c25-16-21(26)23(28)22(27)17-29-24(18-10-4-1-5-11-18,19-12-6-2-7-13-19)20-14-8-3-9-15-20/h1-16,21-23,26-28H,17H2/t21-,22+,23-/m0/s1. The number of aliphatic hydroxyl groups excluding tert-OH is 3. The Labute approximate surface area is 169 Å². The first-order valence-corrected chi connectivity index (χ1v) is 9.39. The van der Waals surface area contributed by atoms with Crippen molar-refractivity contribution in [3.63, 3.8) is 0 Å². The number of aldehydes is 1. The number of rotatable bonds is 9. The first-order valence-electron chi connectivity index (χ1n) is 9.39. The fourth-order valence-corrected chi connectivity index (χ4v) is 3.39. The molecule has 29 heavy (non-hydrogen) atoms. The van der Waals surface area contributed by atoms with E-state index < -0.39 is 23.9 Å². The second-order valence-corrected chi connectivity index (χ2v) is 6.77. The van der Waals surface area contributed by atoms with E-state index in [1.54, 1.807) is 0 Å². The van der Waals surface area contributed by atoms with Gasteiger partial charge in [-0.2, -0.15) is 0 Å². The van der Waals surface area contributed by atoms with Gasteiger partial charge in [0, 0.05) is 0 Å². The molecule has 0 aromatic heterocycles. The molecule has 0 aliphatic carbocycles. The van der Waals surface area contributed by atoms with Crippen molar-refractivity contribution in [3.8, 4) is 0 Å². The van der Waals surface area contributed by atoms with Crippen LogP contribution in [0.4, 0.5) is 0 Å². The summed E-state index contributed by atoms with van der Waals surface area (Å²) in [6.07, 6.45) is -4.60. The van der Waals surface area contributed by atoms with E-state index in [9.17, 15) is 20.1 Å². The van der Waals surface area contributed by atoms with Crippen LogP contribution in [0.5, 0.6) is 0 Å². The van der Waals surface area contributed by atoms with Gasteiger partial charge in [-0.3, -0.25) is 0 Å². The highest BCUT2D eigenvalue weighted by Gasteiger charge is 2.39. The normalized spacial score (nSPS) is 14.7. The molecule has 0 spiro atoms. The maximum atomic E-state index is 10.8. The molecule has 0 aliphatic heterocycles. The van der Waals surface area contributed by atoms with Gasteiger partial charge in [0.15, 0.2) is 6.29 Å². The molecule has 3 N–H and O–H groups in total. The third kappa shape index (κ3) is 4.44. The number of hydrogen-bond donors (Lipinski definition) is 3. The molecule has 3 atom stereocenters. The summed E-state index contributed by atoms with van der Waals surface area (Å²) in [5.74, 6) is 0. The summed E-state index contributed by atoms with van der Waals surface area (Å²) in [5, 5.41) is 29.9. The zero-order chi connectivity index (χ0) is 20.7. The maximum Gasteiger partial charge on any atom is 0.151 e. The average molecular weight is 392 g/mol. The van der Waals surface area contributed by atoms with E-state index in [0.29, 0.717) is 0 Å². The van der Waals surface area contributed by atoms with Gasteiger partial charge >= 0.3 is 0 Å². The molecule has 0 amide bonds. The number of hydrogen-bond acceptors (Lipinski definition) is 5. The predicted molar refractivity (Wildman–Crippen MR) is 109 cm³/mol. The predicted octanol–water partition coefficient (Wildman–Crippen LogP) is 2.28. The van der Waals surface area contributed by atoms with Crippen LogP contribution in [0.3, 0.4) is 0 Å². The summed E-state index contributed by atoms with van der Waals surface area (Å²) in [6, 6.07) is 28.7. The van der Waals surface area contributed by atoms with Gasteiger partial charge in [0.05, 0.1) is 6.61 Å². The Balaban J connectivity index is 2.09. The Morgan fingerprint density at radius 2 is 1.10 bits per heavy atom. The van der Waals surface area contributed by atoms with E-state index >= 15 is 0 Å². The van der Waals surface area contributed by atoms with Crippen LogP contribution in [0, 0.1) is 0 Å². The van der Waals surface area contributed by atoms with Crippen LogP contribution in [-0.4, -0.2) is 46.5 Å². The van der Waals surface area contributed by atoms with Crippen molar-refractivity contribution in [2.24, 2.45) is 0 Å². The molecular weight excluding hydrogens is 368 g/mol. The second-order valence-electron chi connectivity index (χ2n) is 6.77. The first-order chi connectivity index (χ1) is 14.1. The van der Waals surface area contributed by atoms with Crippen molar-refractivity contribution in [2.75, 3.05) is 6.61 Å². The highest BCUT2D eigenvalue weighted by Crippen LogP contribution is 2.40. The van der Waals surface area contributed by atoms with Crippen molar-refractivity contribution < 1.29 is 24.9 Å². The van der Waals surface area contributed by atoms with Gasteiger partial charge < -0.3 is 24.9 Å². The summed E-state index contributed by atoms with van der Waals surface area (Å²) in [5.41, 5.74) is 1.47. The van der Waals surface area contributed by atoms with Crippen LogP contribution in [0.25, 0.3) is 0 Å². The van der Waals surface area contributed by atoms with Gasteiger partial charge in [0.25, 0.3) is 0 Å². The van der Waals surface area contributed by atoms with Gasteiger partial charge in [0.1, 0.15) is 23.9 Å². The van der Waals surface area contributed by atoms with Crippen LogP contribution in [0.1, 0.15) is 16.7 Å². The van der Waals surface area contributed by atoms with Gasteiger partial charge in [-0.05, 0) is 16.7 Å². The fraction of sp³-hybridized carbons (Fsp3) is 0.208. The quantitative estimate of drug-likeness (QED) is 0.384. The van der Waals surface area contributed by atoms with E-state index in [-0.39, 0.29) is 12.9 Å². The monoisotopic (exact) mass is 392 g/mol. The van der Waals surface area contributed by atoms with Crippen LogP contribution < -0.4 is 0 Å². The number of carbonyl (C=O) groups excluding carboxylic acids is 1. The first kappa shape index (κ1) is 20.9. The molecule has 0 aliphatic rings. The summed E-state index contributed by atoms with van der Waals surface area (Å²) >= 11 is 0. The lowest BCUT2D eigenvalue weighted by Gasteiger charge is -2.37. The number of aliphatic hydroxyl groups is 3. The Bertz CT molecular complexity index is 786. The molecule has 0 radical (unpaired) electrons. The van der Waals surface area contributed by atoms with E-state index in [0.717, 1.165) is 16.7 Å². The Morgan fingerprint density at radius 1 is 0.724 bits per heavy atom. The van der Waals surface area contributed by atoms with E-state index in [1.165, 1.54) is 0 Å². The van der Waals surface area contributed by atoms with Crippen LogP contribution in [0.15, 0.2) is 91.0 Å². The van der Waals surface area contributed by atoms with Crippen molar-refractivity contribution >= 4 is 6.29 Å². The number of ether oxygens (including phenoxy) is 1. The molecule has 0 unspecified atom stereocenters. The third-order valence-corrected chi connectivity index (χ3v) is 4.90. The molecule has 3 rings (SSSR count). The molecule has 150 valence electrons. The Hall–Kier alpha value is -2.83. The van der Waals surface area contributed by atoms with Crippen LogP contribution in [0.2, 0.25) is 0 Å². The molecule has 0 heterocycles. The van der Waals surface area contributed by atoms with Crippen LogP contribution in [-0.2, 0) is 15.1 Å². The lowest BCUT2D eigenvalue weighted by molar-refractivity contribution is -0.133. The lowest BCUT2D eigenvalue weighted by atomic mass is 9.80. The largest absolute Gasteiger partial charge is 0.388 e. The lowest BCUT2D eigenvalue weighted by Crippen LogP contribution is -2.43. The van der Waals surface area contributed by atoms with Gasteiger partial charge in [-0.25, -0.2) is 0 Å². The van der Waals surface area contributed by atoms with Crippen molar-refractivity contribution in [3.05, 3.63) is 108 Å². The molecule has 5 nitrogen and oxygen atoms in total. The summed E-state index contributed by atoms with van der Waals surface area (Å²) < 4.78 is 6.33. The number of benzene rings is 3. The molecule has 5 heteroatoms. The fourth-order valence-electron chi connectivity index (χ4n) is 3.39. The SMILES string of the molecule is O=C[C@H](O)[C@H](O)[C@H](O)COC(c1ccccc1)(c1ccccc1)c1ccccc1. The summed E-state index contributed by atoms with van der Waals surface area (Å²) in [4.78, 5) is 10.8. The molecular formula is C24H24O5. The smallest absolute Gasteiger partial charge is 0.151 e. The molecule has 0 saturated carbocycles. The topological polar surface area (TPSA) is 87.0 Å². The van der Waals surface area contributed by atoms with E-state index in [1.807, 2.05) is 91.0 Å². The maximum absolute atomic E-state index is 10.8. The minimum absolute atomic E-state index is 0.187. The minimum Gasteiger partial charge on any atom is -0.388 e. The number of carbonyl (C=O) groups is 1. The van der Waals surface area contributed by atoms with Gasteiger partial charge in [-0.15, -0.1) is 0 Å². The van der Waals surface area contributed by atoms with Crippen molar-refractivity contribution in [1.82, 2.24) is 0 Å². The highest BCUT2D eigenvalue weighted by atomic mass is 16.5. The molecule has 0 saturated heterocycles. The van der Waals surface area contributed by atoms with E-state index in [4.69, 9.17) is 4.74 Å². The summed E-state index contributed by atoms with van der Waals surface area (Å²) in [7, 11) is 0. The summed E-state index contributed by atoms with van der Waals surface area (Å²) in [6.45, 7) is -0.301. The second kappa shape index (κ2) is 9.58. The third-order valence-electron chi connectivity index (χ3n) is 4.90. The average Bonchev–Trinajstić information content (AvgIpc) is 2.80. The highest BCUT2D eigenvalue weighted by molar-refractivity contribution is 5.56. The van der Waals surface area contributed by atoms with Crippen molar-refractivity contribution in [1.29, 1.82) is 0 Å². The zero-order valence-corrected chi connectivity index (χ0v) is 15.8.